The van der Waals surface area contributed by atoms with Gasteiger partial charge in [0.2, 0.25) is 5.91 Å². The number of furan rings is 1. The maximum atomic E-state index is 12.3. The van der Waals surface area contributed by atoms with Crippen molar-refractivity contribution in [1.29, 1.82) is 5.26 Å². The number of benzene rings is 1. The number of carbonyl (C=O) groups is 2. The summed E-state index contributed by atoms with van der Waals surface area (Å²) >= 11 is 0. The largest absolute Gasteiger partial charge is 0.467 e. The number of hydrogen-bond acceptors (Lipinski definition) is 4. The normalized spacial score (nSPS) is 9.96. The number of rotatable bonds is 8. The smallest absolute Gasteiger partial charge is 0.251 e. The van der Waals surface area contributed by atoms with Crippen LogP contribution in [0.3, 0.4) is 0 Å². The van der Waals surface area contributed by atoms with Crippen LogP contribution in [0.1, 0.15) is 29.0 Å². The molecule has 0 aliphatic carbocycles. The minimum absolute atomic E-state index is 0.130. The molecular formula is C18H19N3O3. The highest BCUT2D eigenvalue weighted by Crippen LogP contribution is 2.07. The second kappa shape index (κ2) is 9.16. The number of hydrogen-bond donors (Lipinski definition) is 1. The molecule has 1 heterocycles. The van der Waals surface area contributed by atoms with E-state index in [1.165, 1.54) is 0 Å². The van der Waals surface area contributed by atoms with Crippen molar-refractivity contribution in [2.45, 2.75) is 19.4 Å². The molecule has 124 valence electrons. The lowest BCUT2D eigenvalue weighted by Crippen LogP contribution is -2.34. The second-order valence-corrected chi connectivity index (χ2v) is 5.17. The summed E-state index contributed by atoms with van der Waals surface area (Å²) in [5.41, 5.74) is 0.557. The molecule has 0 radical (unpaired) electrons. The second-order valence-electron chi connectivity index (χ2n) is 5.17. The summed E-state index contributed by atoms with van der Waals surface area (Å²) in [6.07, 6.45) is 1.97. The van der Waals surface area contributed by atoms with Crippen molar-refractivity contribution in [2.24, 2.45) is 0 Å². The fourth-order valence-electron chi connectivity index (χ4n) is 2.20. The Morgan fingerprint density at radius 3 is 2.62 bits per heavy atom. The van der Waals surface area contributed by atoms with Gasteiger partial charge in [-0.05, 0) is 24.3 Å². The standard InChI is InChI=1S/C18H19N3O3/c19-10-5-12-21(14-16-8-4-13-24-16)17(22)9-11-20-18(23)15-6-2-1-3-7-15/h1-4,6-8,13H,5,9,11-12,14H2,(H,20,23). The molecule has 1 aromatic carbocycles. The lowest BCUT2D eigenvalue weighted by Gasteiger charge is -2.20. The monoisotopic (exact) mass is 325 g/mol. The molecule has 0 aliphatic rings. The average molecular weight is 325 g/mol. The number of carbonyl (C=O) groups excluding carboxylic acids is 2. The predicted molar refractivity (Wildman–Crippen MR) is 87.7 cm³/mol. The third-order valence-corrected chi connectivity index (χ3v) is 3.43. The Morgan fingerprint density at radius 2 is 1.96 bits per heavy atom. The van der Waals surface area contributed by atoms with Gasteiger partial charge in [0.05, 0.1) is 25.3 Å². The lowest BCUT2D eigenvalue weighted by molar-refractivity contribution is -0.131. The van der Waals surface area contributed by atoms with E-state index >= 15 is 0 Å². The molecule has 0 spiro atoms. The van der Waals surface area contributed by atoms with Gasteiger partial charge in [0.15, 0.2) is 0 Å². The van der Waals surface area contributed by atoms with Gasteiger partial charge in [-0.1, -0.05) is 18.2 Å². The van der Waals surface area contributed by atoms with Crippen molar-refractivity contribution < 1.29 is 14.0 Å². The molecule has 1 aromatic heterocycles. The van der Waals surface area contributed by atoms with E-state index in [-0.39, 0.29) is 31.2 Å². The average Bonchev–Trinajstić information content (AvgIpc) is 3.12. The number of amides is 2. The van der Waals surface area contributed by atoms with E-state index in [1.807, 2.05) is 12.1 Å². The Balaban J connectivity index is 1.83. The summed E-state index contributed by atoms with van der Waals surface area (Å²) in [6, 6.07) is 14.4. The van der Waals surface area contributed by atoms with Crippen molar-refractivity contribution in [3.8, 4) is 6.07 Å². The first-order valence-electron chi connectivity index (χ1n) is 7.71. The van der Waals surface area contributed by atoms with Crippen molar-refractivity contribution in [3.05, 3.63) is 60.1 Å². The van der Waals surface area contributed by atoms with E-state index in [1.54, 1.807) is 47.6 Å². The Labute approximate surface area is 140 Å². The number of nitrogens with zero attached hydrogens (tertiary/aromatic N) is 2. The van der Waals surface area contributed by atoms with Crippen LogP contribution in [0.5, 0.6) is 0 Å². The summed E-state index contributed by atoms with van der Waals surface area (Å²) in [7, 11) is 0. The van der Waals surface area contributed by atoms with E-state index in [2.05, 4.69) is 5.32 Å². The molecular weight excluding hydrogens is 306 g/mol. The van der Waals surface area contributed by atoms with Crippen molar-refractivity contribution in [2.75, 3.05) is 13.1 Å². The van der Waals surface area contributed by atoms with Crippen LogP contribution >= 0.6 is 0 Å². The van der Waals surface area contributed by atoms with Crippen molar-refractivity contribution in [1.82, 2.24) is 10.2 Å². The fourth-order valence-corrected chi connectivity index (χ4v) is 2.20. The maximum absolute atomic E-state index is 12.3. The maximum Gasteiger partial charge on any atom is 0.251 e. The third-order valence-electron chi connectivity index (χ3n) is 3.43. The molecule has 6 heteroatoms. The Hall–Kier alpha value is -3.07. The lowest BCUT2D eigenvalue weighted by atomic mass is 10.2. The summed E-state index contributed by atoms with van der Waals surface area (Å²) in [5.74, 6) is 0.322. The van der Waals surface area contributed by atoms with Gasteiger partial charge < -0.3 is 14.6 Å². The van der Waals surface area contributed by atoms with E-state index in [0.29, 0.717) is 24.4 Å². The van der Waals surface area contributed by atoms with Gasteiger partial charge in [0.1, 0.15) is 5.76 Å². The zero-order valence-corrected chi connectivity index (χ0v) is 13.3. The molecule has 6 nitrogen and oxygen atoms in total. The summed E-state index contributed by atoms with van der Waals surface area (Å²) < 4.78 is 5.25. The molecule has 2 rings (SSSR count). The van der Waals surface area contributed by atoms with Crippen LogP contribution in [0.25, 0.3) is 0 Å². The van der Waals surface area contributed by atoms with Crippen LogP contribution < -0.4 is 5.32 Å². The molecule has 0 bridgehead atoms. The molecule has 0 atom stereocenters. The Bertz CT molecular complexity index is 690. The van der Waals surface area contributed by atoms with Crippen LogP contribution in [0.4, 0.5) is 0 Å². The zero-order chi connectivity index (χ0) is 17.2. The van der Waals surface area contributed by atoms with Crippen molar-refractivity contribution in [3.63, 3.8) is 0 Å². The SMILES string of the molecule is N#CCCN(Cc1ccco1)C(=O)CCNC(=O)c1ccccc1. The predicted octanol–water partition coefficient (Wildman–Crippen LogP) is 2.34. The van der Waals surface area contributed by atoms with E-state index in [9.17, 15) is 9.59 Å². The van der Waals surface area contributed by atoms with Crippen LogP contribution in [0.15, 0.2) is 53.1 Å². The van der Waals surface area contributed by atoms with Crippen molar-refractivity contribution >= 4 is 11.8 Å². The fraction of sp³-hybridized carbons (Fsp3) is 0.278. The van der Waals surface area contributed by atoms with Gasteiger partial charge >= 0.3 is 0 Å². The van der Waals surface area contributed by atoms with Gasteiger partial charge in [-0.2, -0.15) is 5.26 Å². The Kier molecular flexibility index (Phi) is 6.59. The molecule has 24 heavy (non-hydrogen) atoms. The van der Waals surface area contributed by atoms with E-state index in [0.717, 1.165) is 0 Å². The zero-order valence-electron chi connectivity index (χ0n) is 13.3. The highest BCUT2D eigenvalue weighted by atomic mass is 16.3. The quantitative estimate of drug-likeness (QED) is 0.807. The van der Waals surface area contributed by atoms with E-state index in [4.69, 9.17) is 9.68 Å². The van der Waals surface area contributed by atoms with Gasteiger partial charge in [-0.15, -0.1) is 0 Å². The van der Waals surface area contributed by atoms with Crippen LogP contribution in [0, 0.1) is 11.3 Å². The minimum Gasteiger partial charge on any atom is -0.467 e. The van der Waals surface area contributed by atoms with Gasteiger partial charge in [-0.25, -0.2) is 0 Å². The molecule has 0 fully saturated rings. The molecule has 2 amide bonds. The minimum atomic E-state index is -0.210. The van der Waals surface area contributed by atoms with Gasteiger partial charge in [0.25, 0.3) is 5.91 Å². The first-order chi connectivity index (χ1) is 11.7. The third kappa shape index (κ3) is 5.29. The summed E-state index contributed by atoms with van der Waals surface area (Å²) in [6.45, 7) is 0.899. The van der Waals surface area contributed by atoms with Crippen LogP contribution in [-0.2, 0) is 11.3 Å². The van der Waals surface area contributed by atoms with E-state index < -0.39 is 0 Å². The molecule has 0 aliphatic heterocycles. The highest BCUT2D eigenvalue weighted by Gasteiger charge is 2.15. The van der Waals surface area contributed by atoms with Crippen LogP contribution in [-0.4, -0.2) is 29.8 Å². The number of nitrogens with one attached hydrogen (secondary N) is 1. The molecule has 0 unspecified atom stereocenters. The first kappa shape index (κ1) is 17.3. The number of nitriles is 1. The molecule has 1 N–H and O–H groups in total. The topological polar surface area (TPSA) is 86.3 Å². The van der Waals surface area contributed by atoms with Gasteiger partial charge in [-0.3, -0.25) is 9.59 Å². The highest BCUT2D eigenvalue weighted by molar-refractivity contribution is 5.94. The molecule has 0 saturated carbocycles. The summed E-state index contributed by atoms with van der Waals surface area (Å²) in [4.78, 5) is 25.8. The van der Waals surface area contributed by atoms with Gasteiger partial charge in [0, 0.05) is 25.1 Å². The molecule has 2 aromatic rings. The van der Waals surface area contributed by atoms with Crippen LogP contribution in [0.2, 0.25) is 0 Å². The summed E-state index contributed by atoms with van der Waals surface area (Å²) in [5, 5.41) is 11.5. The Morgan fingerprint density at radius 1 is 1.17 bits per heavy atom. The first-order valence-corrected chi connectivity index (χ1v) is 7.71. The molecule has 0 saturated heterocycles.